The first-order valence-electron chi connectivity index (χ1n) is 5.98. The fourth-order valence-corrected chi connectivity index (χ4v) is 1.35. The zero-order valence-corrected chi connectivity index (χ0v) is 10.9. The second kappa shape index (κ2) is 7.72. The number of nitro benzene ring substituents is 1. The Kier molecular flexibility index (Phi) is 5.95. The van der Waals surface area contributed by atoms with Gasteiger partial charge in [0.25, 0.3) is 5.69 Å². The molecule has 8 heteroatoms. The molecule has 1 rings (SSSR count). The fraction of sp³-hybridized carbons (Fsp3) is 0.333. The van der Waals surface area contributed by atoms with Crippen LogP contribution < -0.4 is 10.6 Å². The first-order valence-corrected chi connectivity index (χ1v) is 5.98. The normalized spacial score (nSPS) is 9.65. The number of nitrogens with zero attached hydrogens (tertiary/aromatic N) is 1. The molecule has 108 valence electrons. The van der Waals surface area contributed by atoms with Gasteiger partial charge in [-0.2, -0.15) is 0 Å². The van der Waals surface area contributed by atoms with Crippen LogP contribution in [0, 0.1) is 10.1 Å². The molecule has 0 aliphatic heterocycles. The third-order valence-corrected chi connectivity index (χ3v) is 2.26. The van der Waals surface area contributed by atoms with E-state index in [4.69, 9.17) is 4.74 Å². The van der Waals surface area contributed by atoms with Crippen LogP contribution in [0.5, 0.6) is 0 Å². The van der Waals surface area contributed by atoms with Crippen molar-refractivity contribution in [1.82, 2.24) is 5.32 Å². The van der Waals surface area contributed by atoms with E-state index >= 15 is 0 Å². The van der Waals surface area contributed by atoms with Crippen LogP contribution in [0.4, 0.5) is 16.2 Å². The van der Waals surface area contributed by atoms with E-state index in [9.17, 15) is 19.7 Å². The molecule has 8 nitrogen and oxygen atoms in total. The standard InChI is InChI=1S/C12H15N3O5/c1-2-20-11(16)7-8-13-12(17)14-9-3-5-10(6-4-9)15(18)19/h3-6H,2,7-8H2,1H3,(H2,13,14,17). The highest BCUT2D eigenvalue weighted by Gasteiger charge is 2.07. The number of ether oxygens (including phenoxy) is 1. The van der Waals surface area contributed by atoms with Crippen molar-refractivity contribution in [3.63, 3.8) is 0 Å². The summed E-state index contributed by atoms with van der Waals surface area (Å²) in [7, 11) is 0. The van der Waals surface area contributed by atoms with Gasteiger partial charge >= 0.3 is 12.0 Å². The Morgan fingerprint density at radius 3 is 2.50 bits per heavy atom. The van der Waals surface area contributed by atoms with Gasteiger partial charge in [0, 0.05) is 24.4 Å². The van der Waals surface area contributed by atoms with Crippen LogP contribution >= 0.6 is 0 Å². The Morgan fingerprint density at radius 1 is 1.30 bits per heavy atom. The molecule has 20 heavy (non-hydrogen) atoms. The van der Waals surface area contributed by atoms with E-state index in [1.807, 2.05) is 0 Å². The average Bonchev–Trinajstić information content (AvgIpc) is 2.39. The first-order chi connectivity index (χ1) is 9.52. The number of anilines is 1. The molecule has 0 saturated carbocycles. The molecule has 2 N–H and O–H groups in total. The summed E-state index contributed by atoms with van der Waals surface area (Å²) in [4.78, 5) is 32.4. The van der Waals surface area contributed by atoms with Crippen molar-refractivity contribution in [3.05, 3.63) is 34.4 Å². The molecule has 0 bridgehead atoms. The van der Waals surface area contributed by atoms with E-state index in [2.05, 4.69) is 10.6 Å². The van der Waals surface area contributed by atoms with Gasteiger partial charge in [0.1, 0.15) is 0 Å². The van der Waals surface area contributed by atoms with Gasteiger partial charge in [-0.05, 0) is 19.1 Å². The molecule has 0 aromatic heterocycles. The summed E-state index contributed by atoms with van der Waals surface area (Å²) >= 11 is 0. The highest BCUT2D eigenvalue weighted by molar-refractivity contribution is 5.89. The number of carbonyl (C=O) groups excluding carboxylic acids is 2. The fourth-order valence-electron chi connectivity index (χ4n) is 1.35. The summed E-state index contributed by atoms with van der Waals surface area (Å²) in [6.07, 6.45) is 0.0848. The number of nitrogens with one attached hydrogen (secondary N) is 2. The SMILES string of the molecule is CCOC(=O)CCNC(=O)Nc1ccc([N+](=O)[O-])cc1. The number of esters is 1. The number of benzene rings is 1. The Bertz CT molecular complexity index is 486. The number of hydrogen-bond donors (Lipinski definition) is 2. The molecule has 0 atom stereocenters. The number of rotatable bonds is 6. The molecule has 0 aliphatic rings. The van der Waals surface area contributed by atoms with Crippen LogP contribution in [0.15, 0.2) is 24.3 Å². The van der Waals surface area contributed by atoms with E-state index in [-0.39, 0.29) is 24.6 Å². The molecule has 0 aliphatic carbocycles. The van der Waals surface area contributed by atoms with Crippen molar-refractivity contribution in [2.24, 2.45) is 0 Å². The van der Waals surface area contributed by atoms with Gasteiger partial charge in [0.2, 0.25) is 0 Å². The van der Waals surface area contributed by atoms with E-state index in [1.54, 1.807) is 6.92 Å². The smallest absolute Gasteiger partial charge is 0.319 e. The van der Waals surface area contributed by atoms with Crippen LogP contribution in [-0.2, 0) is 9.53 Å². The van der Waals surface area contributed by atoms with Crippen molar-refractivity contribution < 1.29 is 19.2 Å². The number of hydrogen-bond acceptors (Lipinski definition) is 5. The van der Waals surface area contributed by atoms with Crippen LogP contribution in [0.25, 0.3) is 0 Å². The molecular formula is C12H15N3O5. The minimum atomic E-state index is -0.525. The minimum absolute atomic E-state index is 0.0572. The third kappa shape index (κ3) is 5.34. The Hall–Kier alpha value is -2.64. The maximum absolute atomic E-state index is 11.5. The van der Waals surface area contributed by atoms with Gasteiger partial charge < -0.3 is 15.4 Å². The molecule has 1 aromatic rings. The number of non-ortho nitro benzene ring substituents is 1. The second-order valence-corrected chi connectivity index (χ2v) is 3.74. The summed E-state index contributed by atoms with van der Waals surface area (Å²) in [6.45, 7) is 2.15. The van der Waals surface area contributed by atoms with Gasteiger partial charge in [-0.15, -0.1) is 0 Å². The van der Waals surface area contributed by atoms with E-state index in [1.165, 1.54) is 24.3 Å². The molecule has 0 spiro atoms. The van der Waals surface area contributed by atoms with E-state index in [0.717, 1.165) is 0 Å². The first kappa shape index (κ1) is 15.4. The second-order valence-electron chi connectivity index (χ2n) is 3.74. The molecule has 0 radical (unpaired) electrons. The predicted octanol–water partition coefficient (Wildman–Crippen LogP) is 1.67. The van der Waals surface area contributed by atoms with Crippen molar-refractivity contribution in [3.8, 4) is 0 Å². The summed E-state index contributed by atoms with van der Waals surface area (Å²) in [5.41, 5.74) is 0.363. The van der Waals surface area contributed by atoms with Gasteiger partial charge in [-0.1, -0.05) is 0 Å². The number of amides is 2. The van der Waals surface area contributed by atoms with E-state index < -0.39 is 11.0 Å². The summed E-state index contributed by atoms with van der Waals surface area (Å²) in [5.74, 6) is -0.386. The molecule has 2 amide bonds. The molecule has 0 saturated heterocycles. The Labute approximate surface area is 115 Å². The van der Waals surface area contributed by atoms with Crippen LogP contribution in [0.3, 0.4) is 0 Å². The summed E-state index contributed by atoms with van der Waals surface area (Å²) in [6, 6.07) is 4.91. The minimum Gasteiger partial charge on any atom is -0.466 e. The lowest BCUT2D eigenvalue weighted by atomic mass is 10.3. The Balaban J connectivity index is 2.35. The van der Waals surface area contributed by atoms with Crippen LogP contribution in [0.2, 0.25) is 0 Å². The van der Waals surface area contributed by atoms with Crippen LogP contribution in [0.1, 0.15) is 13.3 Å². The van der Waals surface area contributed by atoms with Gasteiger partial charge in [0.15, 0.2) is 0 Å². The third-order valence-electron chi connectivity index (χ3n) is 2.26. The average molecular weight is 281 g/mol. The van der Waals surface area contributed by atoms with Crippen LogP contribution in [-0.4, -0.2) is 30.1 Å². The molecule has 0 fully saturated rings. The maximum atomic E-state index is 11.5. The van der Waals surface area contributed by atoms with Crippen molar-refractivity contribution in [1.29, 1.82) is 0 Å². The Morgan fingerprint density at radius 2 is 1.95 bits per heavy atom. The van der Waals surface area contributed by atoms with Crippen molar-refractivity contribution in [2.75, 3.05) is 18.5 Å². The van der Waals surface area contributed by atoms with Gasteiger partial charge in [-0.25, -0.2) is 4.79 Å². The lowest BCUT2D eigenvalue weighted by Gasteiger charge is -2.07. The summed E-state index contributed by atoms with van der Waals surface area (Å²) in [5, 5.41) is 15.4. The molecule has 0 heterocycles. The molecular weight excluding hydrogens is 266 g/mol. The number of carbonyl (C=O) groups is 2. The lowest BCUT2D eigenvalue weighted by Crippen LogP contribution is -2.30. The zero-order chi connectivity index (χ0) is 15.0. The topological polar surface area (TPSA) is 111 Å². The van der Waals surface area contributed by atoms with Gasteiger partial charge in [-0.3, -0.25) is 14.9 Å². The highest BCUT2D eigenvalue weighted by Crippen LogP contribution is 2.15. The molecule has 0 unspecified atom stereocenters. The highest BCUT2D eigenvalue weighted by atomic mass is 16.6. The number of nitro groups is 1. The lowest BCUT2D eigenvalue weighted by molar-refractivity contribution is -0.384. The quantitative estimate of drug-likeness (QED) is 0.468. The largest absolute Gasteiger partial charge is 0.466 e. The van der Waals surface area contributed by atoms with E-state index in [0.29, 0.717) is 12.3 Å². The monoisotopic (exact) mass is 281 g/mol. The summed E-state index contributed by atoms with van der Waals surface area (Å²) < 4.78 is 4.70. The number of urea groups is 1. The molecule has 1 aromatic carbocycles. The van der Waals surface area contributed by atoms with Gasteiger partial charge in [0.05, 0.1) is 18.0 Å². The maximum Gasteiger partial charge on any atom is 0.319 e. The zero-order valence-electron chi connectivity index (χ0n) is 10.9. The van der Waals surface area contributed by atoms with Crippen molar-refractivity contribution >= 4 is 23.4 Å². The van der Waals surface area contributed by atoms with Crippen molar-refractivity contribution in [2.45, 2.75) is 13.3 Å². The predicted molar refractivity (Wildman–Crippen MR) is 71.4 cm³/mol.